The molecule has 0 fully saturated rings. The third-order valence-corrected chi connectivity index (χ3v) is 3.51. The summed E-state index contributed by atoms with van der Waals surface area (Å²) >= 11 is 0. The van der Waals surface area contributed by atoms with Gasteiger partial charge in [-0.15, -0.1) is 0 Å². The topological polar surface area (TPSA) is 94.0 Å². The Bertz CT molecular complexity index is 423. The van der Waals surface area contributed by atoms with Gasteiger partial charge >= 0.3 is 0 Å². The molecule has 6 heteroatoms. The standard InChI is InChI=1S/C17H32N4O2/c1-7-8-9-13(19-6)15(22)21-14(10-17(3,4)5)16(23)20-12(2)11-18/h12-14,19H,7-10H2,1-6H3,(H,20,23)(H,21,22)/t12?,13-,14?/m0/s1. The normalized spacial score (nSPS) is 15.2. The number of hydrogen-bond acceptors (Lipinski definition) is 4. The summed E-state index contributed by atoms with van der Waals surface area (Å²) < 4.78 is 0. The highest BCUT2D eigenvalue weighted by molar-refractivity contribution is 5.90. The third kappa shape index (κ3) is 9.19. The number of likely N-dealkylation sites (N-methyl/N-ethyl adjacent to an activating group) is 1. The first-order valence-corrected chi connectivity index (χ1v) is 8.32. The van der Waals surface area contributed by atoms with Gasteiger partial charge in [-0.2, -0.15) is 5.26 Å². The van der Waals surface area contributed by atoms with Gasteiger partial charge in [0.25, 0.3) is 0 Å². The molecule has 0 aliphatic carbocycles. The van der Waals surface area contributed by atoms with Crippen molar-refractivity contribution in [3.05, 3.63) is 0 Å². The van der Waals surface area contributed by atoms with Crippen LogP contribution in [0.2, 0.25) is 0 Å². The van der Waals surface area contributed by atoms with Crippen molar-refractivity contribution in [3.63, 3.8) is 0 Å². The number of nitriles is 1. The molecule has 0 rings (SSSR count). The number of carbonyl (C=O) groups is 2. The van der Waals surface area contributed by atoms with Crippen LogP contribution in [-0.2, 0) is 9.59 Å². The fourth-order valence-electron chi connectivity index (χ4n) is 2.25. The molecule has 2 amide bonds. The molecule has 3 N–H and O–H groups in total. The van der Waals surface area contributed by atoms with Gasteiger partial charge < -0.3 is 16.0 Å². The van der Waals surface area contributed by atoms with E-state index in [-0.39, 0.29) is 23.3 Å². The minimum Gasteiger partial charge on any atom is -0.343 e. The SMILES string of the molecule is CCCC[C@H](NC)C(=O)NC(CC(C)(C)C)C(=O)NC(C)C#N. The Morgan fingerprint density at radius 2 is 1.70 bits per heavy atom. The average Bonchev–Trinajstić information content (AvgIpc) is 2.45. The van der Waals surface area contributed by atoms with Crippen molar-refractivity contribution >= 4 is 11.8 Å². The first-order chi connectivity index (χ1) is 10.6. The molecule has 2 unspecified atom stereocenters. The van der Waals surface area contributed by atoms with Crippen molar-refractivity contribution in [2.75, 3.05) is 7.05 Å². The summed E-state index contributed by atoms with van der Waals surface area (Å²) in [6, 6.07) is 0.441. The van der Waals surface area contributed by atoms with Gasteiger partial charge in [-0.3, -0.25) is 9.59 Å². The molecule has 132 valence electrons. The fraction of sp³-hybridized carbons (Fsp3) is 0.824. The van der Waals surface area contributed by atoms with Gasteiger partial charge in [0.15, 0.2) is 0 Å². The zero-order valence-electron chi connectivity index (χ0n) is 15.3. The van der Waals surface area contributed by atoms with E-state index < -0.39 is 12.1 Å². The van der Waals surface area contributed by atoms with Crippen LogP contribution in [0.5, 0.6) is 0 Å². The molecule has 23 heavy (non-hydrogen) atoms. The molecule has 0 heterocycles. The summed E-state index contributed by atoms with van der Waals surface area (Å²) in [5.41, 5.74) is -0.121. The molecule has 0 aromatic rings. The number of nitrogens with one attached hydrogen (secondary N) is 3. The maximum atomic E-state index is 12.4. The number of nitrogens with zero attached hydrogens (tertiary/aromatic N) is 1. The van der Waals surface area contributed by atoms with Gasteiger partial charge in [0, 0.05) is 0 Å². The Hall–Kier alpha value is -1.61. The first-order valence-electron chi connectivity index (χ1n) is 8.32. The molecule has 3 atom stereocenters. The van der Waals surface area contributed by atoms with Crippen LogP contribution in [0.15, 0.2) is 0 Å². The fourth-order valence-corrected chi connectivity index (χ4v) is 2.25. The van der Waals surface area contributed by atoms with Crippen LogP contribution >= 0.6 is 0 Å². The van der Waals surface area contributed by atoms with E-state index in [4.69, 9.17) is 5.26 Å². The molecular weight excluding hydrogens is 292 g/mol. The van der Waals surface area contributed by atoms with Gasteiger partial charge in [0.1, 0.15) is 12.1 Å². The largest absolute Gasteiger partial charge is 0.343 e. The lowest BCUT2D eigenvalue weighted by Crippen LogP contribution is -2.54. The quantitative estimate of drug-likeness (QED) is 0.602. The minimum atomic E-state index is -0.643. The molecule has 0 radical (unpaired) electrons. The molecular formula is C17H32N4O2. The van der Waals surface area contributed by atoms with Crippen LogP contribution < -0.4 is 16.0 Å². The van der Waals surface area contributed by atoms with E-state index in [0.717, 1.165) is 19.3 Å². The summed E-state index contributed by atoms with van der Waals surface area (Å²) in [4.78, 5) is 24.8. The zero-order valence-corrected chi connectivity index (χ0v) is 15.3. The van der Waals surface area contributed by atoms with Gasteiger partial charge in [0.05, 0.1) is 12.1 Å². The second-order valence-electron chi connectivity index (χ2n) is 7.17. The highest BCUT2D eigenvalue weighted by Crippen LogP contribution is 2.21. The predicted octanol–water partition coefficient (Wildman–Crippen LogP) is 1.71. The molecule has 0 saturated heterocycles. The number of hydrogen-bond donors (Lipinski definition) is 3. The molecule has 0 spiro atoms. The van der Waals surface area contributed by atoms with Crippen LogP contribution in [0.4, 0.5) is 0 Å². The van der Waals surface area contributed by atoms with E-state index >= 15 is 0 Å². The molecule has 6 nitrogen and oxygen atoms in total. The van der Waals surface area contributed by atoms with Crippen LogP contribution in [0.25, 0.3) is 0 Å². The van der Waals surface area contributed by atoms with E-state index in [0.29, 0.717) is 6.42 Å². The zero-order chi connectivity index (χ0) is 18.0. The van der Waals surface area contributed by atoms with E-state index in [1.807, 2.05) is 26.8 Å². The Labute approximate surface area is 140 Å². The highest BCUT2D eigenvalue weighted by Gasteiger charge is 2.29. The van der Waals surface area contributed by atoms with Gasteiger partial charge in [-0.1, -0.05) is 40.5 Å². The molecule has 0 aromatic heterocycles. The molecule has 0 aliphatic heterocycles. The average molecular weight is 324 g/mol. The second kappa shape index (κ2) is 10.2. The van der Waals surface area contributed by atoms with E-state index in [1.165, 1.54) is 0 Å². The van der Waals surface area contributed by atoms with Crippen molar-refractivity contribution in [3.8, 4) is 6.07 Å². The first kappa shape index (κ1) is 21.4. The monoisotopic (exact) mass is 324 g/mol. The molecule has 0 bridgehead atoms. The minimum absolute atomic E-state index is 0.121. The summed E-state index contributed by atoms with van der Waals surface area (Å²) in [5.74, 6) is -0.484. The van der Waals surface area contributed by atoms with Gasteiger partial charge in [-0.25, -0.2) is 0 Å². The smallest absolute Gasteiger partial charge is 0.243 e. The third-order valence-electron chi connectivity index (χ3n) is 3.51. The lowest BCUT2D eigenvalue weighted by molar-refractivity contribution is -0.131. The summed E-state index contributed by atoms with van der Waals surface area (Å²) in [6.45, 7) is 9.73. The number of amides is 2. The van der Waals surface area contributed by atoms with Crippen molar-refractivity contribution < 1.29 is 9.59 Å². The van der Waals surface area contributed by atoms with Crippen LogP contribution in [0, 0.1) is 16.7 Å². The Kier molecular flexibility index (Phi) is 9.50. The van der Waals surface area contributed by atoms with E-state index in [9.17, 15) is 9.59 Å². The van der Waals surface area contributed by atoms with Gasteiger partial charge in [-0.05, 0) is 32.2 Å². The lowest BCUT2D eigenvalue weighted by Gasteiger charge is -2.28. The Morgan fingerprint density at radius 3 is 2.13 bits per heavy atom. The summed E-state index contributed by atoms with van der Waals surface area (Å²) in [5, 5.41) is 17.3. The van der Waals surface area contributed by atoms with Gasteiger partial charge in [0.2, 0.25) is 11.8 Å². The lowest BCUT2D eigenvalue weighted by atomic mass is 9.87. The van der Waals surface area contributed by atoms with Crippen molar-refractivity contribution in [2.45, 2.75) is 78.4 Å². The summed E-state index contributed by atoms with van der Waals surface area (Å²) in [6.07, 6.45) is 3.20. The van der Waals surface area contributed by atoms with Crippen LogP contribution in [-0.4, -0.2) is 37.0 Å². The Balaban J connectivity index is 4.96. The number of carbonyl (C=O) groups excluding carboxylic acids is 2. The predicted molar refractivity (Wildman–Crippen MR) is 91.6 cm³/mol. The summed E-state index contributed by atoms with van der Waals surface area (Å²) in [7, 11) is 1.75. The van der Waals surface area contributed by atoms with Crippen LogP contribution in [0.1, 0.15) is 60.3 Å². The Morgan fingerprint density at radius 1 is 1.13 bits per heavy atom. The van der Waals surface area contributed by atoms with Crippen molar-refractivity contribution in [2.24, 2.45) is 5.41 Å². The van der Waals surface area contributed by atoms with E-state index in [1.54, 1.807) is 14.0 Å². The molecule has 0 aromatic carbocycles. The maximum Gasteiger partial charge on any atom is 0.243 e. The van der Waals surface area contributed by atoms with Crippen molar-refractivity contribution in [1.29, 1.82) is 5.26 Å². The highest BCUT2D eigenvalue weighted by atomic mass is 16.2. The van der Waals surface area contributed by atoms with Crippen LogP contribution in [0.3, 0.4) is 0 Å². The second-order valence-corrected chi connectivity index (χ2v) is 7.17. The number of rotatable bonds is 9. The molecule has 0 aliphatic rings. The van der Waals surface area contributed by atoms with Crippen molar-refractivity contribution in [1.82, 2.24) is 16.0 Å². The molecule has 0 saturated carbocycles. The maximum absolute atomic E-state index is 12.4. The number of unbranched alkanes of at least 4 members (excludes halogenated alkanes) is 1. The van der Waals surface area contributed by atoms with E-state index in [2.05, 4.69) is 22.9 Å².